The maximum absolute atomic E-state index is 4.57. The molecule has 6 nitrogen and oxygen atoms in total. The van der Waals surface area contributed by atoms with Gasteiger partial charge in [-0.2, -0.15) is 10.2 Å². The molecule has 6 aromatic rings. The van der Waals surface area contributed by atoms with Crippen LogP contribution in [0.2, 0.25) is 0 Å². The lowest BCUT2D eigenvalue weighted by molar-refractivity contribution is 1.09. The minimum absolute atomic E-state index is 0.864. The molecule has 0 bridgehead atoms. The fourth-order valence-corrected chi connectivity index (χ4v) is 4.37. The smallest absolute Gasteiger partial charge is 0.138 e. The van der Waals surface area contributed by atoms with Crippen LogP contribution >= 0.6 is 11.3 Å². The van der Waals surface area contributed by atoms with Crippen LogP contribution < -0.4 is 0 Å². The Morgan fingerprint density at radius 3 is 2.82 bits per heavy atom. The number of pyridine rings is 1. The average molecular weight is 382 g/mol. The molecule has 0 amide bonds. The first-order valence-electron chi connectivity index (χ1n) is 8.86. The van der Waals surface area contributed by atoms with E-state index in [1.54, 1.807) is 11.3 Å². The van der Waals surface area contributed by atoms with Crippen molar-refractivity contribution in [1.29, 1.82) is 0 Å². The molecule has 28 heavy (non-hydrogen) atoms. The summed E-state index contributed by atoms with van der Waals surface area (Å²) < 4.78 is 0. The van der Waals surface area contributed by atoms with Crippen molar-refractivity contribution in [2.45, 2.75) is 0 Å². The predicted octanol–water partition coefficient (Wildman–Crippen LogP) is 5.22. The quantitative estimate of drug-likeness (QED) is 0.392. The van der Waals surface area contributed by atoms with Gasteiger partial charge in [0.15, 0.2) is 0 Å². The monoisotopic (exact) mass is 382 g/mol. The first-order valence-corrected chi connectivity index (χ1v) is 9.74. The molecule has 0 fully saturated rings. The molecule has 0 radical (unpaired) electrons. The Morgan fingerprint density at radius 1 is 0.964 bits per heavy atom. The van der Waals surface area contributed by atoms with Gasteiger partial charge >= 0.3 is 0 Å². The van der Waals surface area contributed by atoms with Crippen molar-refractivity contribution in [2.75, 3.05) is 0 Å². The summed E-state index contributed by atoms with van der Waals surface area (Å²) in [6.07, 6.45) is 5.56. The van der Waals surface area contributed by atoms with Crippen LogP contribution in [0.15, 0.2) is 66.4 Å². The van der Waals surface area contributed by atoms with Crippen molar-refractivity contribution < 1.29 is 0 Å². The summed E-state index contributed by atoms with van der Waals surface area (Å²) in [6, 6.07) is 14.6. The number of nitrogens with one attached hydrogen (secondary N) is 3. The van der Waals surface area contributed by atoms with E-state index < -0.39 is 0 Å². The molecule has 5 heterocycles. The molecule has 7 heteroatoms. The van der Waals surface area contributed by atoms with E-state index in [-0.39, 0.29) is 0 Å². The highest BCUT2D eigenvalue weighted by atomic mass is 32.1. The largest absolute Gasteiger partial charge is 0.338 e. The van der Waals surface area contributed by atoms with Gasteiger partial charge in [0, 0.05) is 39.2 Å². The second-order valence-corrected chi connectivity index (χ2v) is 7.55. The van der Waals surface area contributed by atoms with Gasteiger partial charge in [0.05, 0.1) is 17.4 Å². The van der Waals surface area contributed by atoms with E-state index >= 15 is 0 Å². The summed E-state index contributed by atoms with van der Waals surface area (Å²) in [4.78, 5) is 9.19. The van der Waals surface area contributed by atoms with Gasteiger partial charge in [-0.25, -0.2) is 4.98 Å². The maximum atomic E-state index is 4.57. The van der Waals surface area contributed by atoms with E-state index in [2.05, 4.69) is 72.1 Å². The van der Waals surface area contributed by atoms with Crippen molar-refractivity contribution in [1.82, 2.24) is 30.4 Å². The van der Waals surface area contributed by atoms with Gasteiger partial charge in [-0.3, -0.25) is 10.2 Å². The minimum atomic E-state index is 0.864. The number of nitrogens with zero attached hydrogens (tertiary/aromatic N) is 3. The molecular weight excluding hydrogens is 368 g/mol. The summed E-state index contributed by atoms with van der Waals surface area (Å²) in [6.45, 7) is 0. The summed E-state index contributed by atoms with van der Waals surface area (Å²) >= 11 is 1.73. The molecule has 0 aliphatic rings. The van der Waals surface area contributed by atoms with Crippen LogP contribution in [0, 0.1) is 0 Å². The van der Waals surface area contributed by atoms with Crippen molar-refractivity contribution in [3.8, 4) is 33.0 Å². The number of fused-ring (bicyclic) bond motifs is 2. The lowest BCUT2D eigenvalue weighted by atomic mass is 10.1. The fourth-order valence-electron chi connectivity index (χ4n) is 3.61. The number of hydrogen-bond donors (Lipinski definition) is 3. The first-order chi connectivity index (χ1) is 13.9. The summed E-state index contributed by atoms with van der Waals surface area (Å²) in [5.41, 5.74) is 7.01. The predicted molar refractivity (Wildman–Crippen MR) is 112 cm³/mol. The molecule has 1 aromatic carbocycles. The maximum Gasteiger partial charge on any atom is 0.138 e. The Bertz CT molecular complexity index is 1410. The molecule has 3 N–H and O–H groups in total. The van der Waals surface area contributed by atoms with E-state index in [0.717, 1.165) is 44.5 Å². The van der Waals surface area contributed by atoms with Crippen molar-refractivity contribution in [3.63, 3.8) is 0 Å². The molecule has 0 aliphatic heterocycles. The zero-order valence-corrected chi connectivity index (χ0v) is 15.4. The Kier molecular flexibility index (Phi) is 3.24. The zero-order valence-electron chi connectivity index (χ0n) is 14.6. The van der Waals surface area contributed by atoms with Crippen molar-refractivity contribution >= 4 is 33.3 Å². The SMILES string of the molecule is c1csc(-c2ccnc3[nH]c(-c4n[nH]c5ccc(-c6cn[nH]c6)cc45)cc23)c1. The molecule has 0 spiro atoms. The normalized spacial score (nSPS) is 11.6. The van der Waals surface area contributed by atoms with E-state index in [0.29, 0.717) is 0 Å². The highest BCUT2D eigenvalue weighted by molar-refractivity contribution is 7.13. The Morgan fingerprint density at radius 2 is 1.96 bits per heavy atom. The molecule has 0 saturated heterocycles. The number of benzene rings is 1. The third kappa shape index (κ3) is 2.30. The lowest BCUT2D eigenvalue weighted by Crippen LogP contribution is -1.80. The van der Waals surface area contributed by atoms with Crippen molar-refractivity contribution in [2.24, 2.45) is 0 Å². The minimum Gasteiger partial charge on any atom is -0.338 e. The highest BCUT2D eigenvalue weighted by Crippen LogP contribution is 2.35. The fraction of sp³-hybridized carbons (Fsp3) is 0. The molecular formula is C21H14N6S. The van der Waals surface area contributed by atoms with E-state index in [1.807, 2.05) is 24.7 Å². The standard InChI is InChI=1S/C21H14N6S/c1-2-19(28-7-1)14-5-6-22-21-15(14)9-18(25-21)20-16-8-12(13-10-23-24-11-13)3-4-17(16)26-27-20/h1-11H,(H,22,25)(H,23,24)(H,26,27). The molecule has 0 saturated carbocycles. The second-order valence-electron chi connectivity index (χ2n) is 6.60. The molecule has 6 rings (SSSR count). The van der Waals surface area contributed by atoms with Gasteiger partial charge < -0.3 is 4.98 Å². The van der Waals surface area contributed by atoms with Crippen molar-refractivity contribution in [3.05, 3.63) is 66.4 Å². The van der Waals surface area contributed by atoms with E-state index in [9.17, 15) is 0 Å². The third-order valence-electron chi connectivity index (χ3n) is 4.97. The van der Waals surface area contributed by atoms with Crippen LogP contribution in [0.4, 0.5) is 0 Å². The number of H-pyrrole nitrogens is 3. The summed E-state index contributed by atoms with van der Waals surface area (Å²) in [5.74, 6) is 0. The van der Waals surface area contributed by atoms with E-state index in [4.69, 9.17) is 0 Å². The van der Waals surface area contributed by atoms with Crippen LogP contribution in [0.3, 0.4) is 0 Å². The highest BCUT2D eigenvalue weighted by Gasteiger charge is 2.15. The second kappa shape index (κ2) is 5.90. The van der Waals surface area contributed by atoms with Gasteiger partial charge in [-0.05, 0) is 41.3 Å². The number of aromatic amines is 3. The van der Waals surface area contributed by atoms with Gasteiger partial charge in [0.1, 0.15) is 11.3 Å². The summed E-state index contributed by atoms with van der Waals surface area (Å²) in [7, 11) is 0. The van der Waals surface area contributed by atoms with Crippen LogP contribution in [-0.2, 0) is 0 Å². The molecule has 0 atom stereocenters. The Labute approximate surface area is 163 Å². The van der Waals surface area contributed by atoms with Crippen LogP contribution in [0.5, 0.6) is 0 Å². The van der Waals surface area contributed by atoms with Crippen LogP contribution in [-0.4, -0.2) is 30.4 Å². The molecule has 0 unspecified atom stereocenters. The number of aromatic nitrogens is 6. The number of rotatable bonds is 3. The van der Waals surface area contributed by atoms with E-state index in [1.165, 1.54) is 10.4 Å². The topological polar surface area (TPSA) is 86.0 Å². The number of thiophene rings is 1. The van der Waals surface area contributed by atoms with Gasteiger partial charge in [0.2, 0.25) is 0 Å². The zero-order chi connectivity index (χ0) is 18.5. The van der Waals surface area contributed by atoms with Crippen LogP contribution in [0.25, 0.3) is 54.9 Å². The number of hydrogen-bond acceptors (Lipinski definition) is 4. The lowest BCUT2D eigenvalue weighted by Gasteiger charge is -1.99. The Hall–Kier alpha value is -3.71. The summed E-state index contributed by atoms with van der Waals surface area (Å²) in [5, 5.41) is 18.9. The van der Waals surface area contributed by atoms with Gasteiger partial charge in [0.25, 0.3) is 0 Å². The average Bonchev–Trinajstić information content (AvgIpc) is 3.53. The third-order valence-corrected chi connectivity index (χ3v) is 5.87. The molecule has 5 aromatic heterocycles. The van der Waals surface area contributed by atoms with Crippen LogP contribution in [0.1, 0.15) is 0 Å². The molecule has 0 aliphatic carbocycles. The first kappa shape index (κ1) is 15.4. The van der Waals surface area contributed by atoms with Gasteiger partial charge in [-0.1, -0.05) is 12.1 Å². The molecule has 134 valence electrons. The Balaban J connectivity index is 1.55. The van der Waals surface area contributed by atoms with Gasteiger partial charge in [-0.15, -0.1) is 11.3 Å².